The zero-order valence-electron chi connectivity index (χ0n) is 10.8. The molecule has 0 aliphatic rings. The summed E-state index contributed by atoms with van der Waals surface area (Å²) in [6, 6.07) is 0. The van der Waals surface area contributed by atoms with Gasteiger partial charge in [0.25, 0.3) is 0 Å². The quantitative estimate of drug-likeness (QED) is 0.313. The van der Waals surface area contributed by atoms with Crippen LogP contribution in [-0.2, 0) is 28.5 Å². The molecule has 0 aromatic heterocycles. The SMILES string of the molecule is CCOCOC(CCOC(C)=O)OCOCC. The van der Waals surface area contributed by atoms with Crippen molar-refractivity contribution in [3.8, 4) is 0 Å². The fourth-order valence-electron chi connectivity index (χ4n) is 0.928. The summed E-state index contributed by atoms with van der Waals surface area (Å²) in [4.78, 5) is 10.6. The van der Waals surface area contributed by atoms with Crippen LogP contribution in [0.5, 0.6) is 0 Å². The standard InChI is InChI=1S/C11H22O6/c1-4-13-8-16-11(17-9-14-5-2)6-7-15-10(3)12/h11H,4-9H2,1-3H3. The van der Waals surface area contributed by atoms with E-state index in [0.29, 0.717) is 19.6 Å². The fraction of sp³-hybridized carbons (Fsp3) is 0.909. The van der Waals surface area contributed by atoms with Gasteiger partial charge in [-0.05, 0) is 13.8 Å². The minimum Gasteiger partial charge on any atom is -0.466 e. The van der Waals surface area contributed by atoms with Gasteiger partial charge in [-0.3, -0.25) is 4.79 Å². The van der Waals surface area contributed by atoms with Crippen molar-refractivity contribution in [3.63, 3.8) is 0 Å². The van der Waals surface area contributed by atoms with Crippen LogP contribution in [0.25, 0.3) is 0 Å². The molecule has 0 spiro atoms. The van der Waals surface area contributed by atoms with Crippen LogP contribution in [0.3, 0.4) is 0 Å². The van der Waals surface area contributed by atoms with Crippen molar-refractivity contribution in [2.75, 3.05) is 33.4 Å². The van der Waals surface area contributed by atoms with E-state index in [-0.39, 0.29) is 26.2 Å². The van der Waals surface area contributed by atoms with Crippen LogP contribution in [0.2, 0.25) is 0 Å². The summed E-state index contributed by atoms with van der Waals surface area (Å²) in [5, 5.41) is 0. The molecule has 17 heavy (non-hydrogen) atoms. The first-order valence-corrected chi connectivity index (χ1v) is 5.72. The lowest BCUT2D eigenvalue weighted by Crippen LogP contribution is -2.23. The Labute approximate surface area is 102 Å². The molecule has 0 amide bonds. The van der Waals surface area contributed by atoms with Crippen molar-refractivity contribution in [3.05, 3.63) is 0 Å². The molecule has 0 saturated carbocycles. The lowest BCUT2D eigenvalue weighted by Gasteiger charge is -2.18. The smallest absolute Gasteiger partial charge is 0.302 e. The minimum atomic E-state index is -0.493. The number of hydrogen-bond donors (Lipinski definition) is 0. The molecular formula is C11H22O6. The Morgan fingerprint density at radius 3 is 2.00 bits per heavy atom. The van der Waals surface area contributed by atoms with Gasteiger partial charge in [-0.1, -0.05) is 0 Å². The molecule has 0 aliphatic heterocycles. The largest absolute Gasteiger partial charge is 0.466 e. The van der Waals surface area contributed by atoms with Crippen molar-refractivity contribution >= 4 is 5.97 Å². The van der Waals surface area contributed by atoms with Gasteiger partial charge in [-0.2, -0.15) is 0 Å². The molecule has 0 fully saturated rings. The molecule has 102 valence electrons. The van der Waals surface area contributed by atoms with E-state index in [4.69, 9.17) is 23.7 Å². The maximum Gasteiger partial charge on any atom is 0.302 e. The monoisotopic (exact) mass is 250 g/mol. The highest BCUT2D eigenvalue weighted by Gasteiger charge is 2.10. The van der Waals surface area contributed by atoms with Crippen LogP contribution in [-0.4, -0.2) is 45.7 Å². The molecule has 0 bridgehead atoms. The van der Waals surface area contributed by atoms with Gasteiger partial charge in [0.1, 0.15) is 13.6 Å². The predicted molar refractivity (Wildman–Crippen MR) is 60.2 cm³/mol. The van der Waals surface area contributed by atoms with E-state index in [1.54, 1.807) is 0 Å². The molecule has 0 saturated heterocycles. The first-order chi connectivity index (χ1) is 8.20. The lowest BCUT2D eigenvalue weighted by molar-refractivity contribution is -0.231. The van der Waals surface area contributed by atoms with Gasteiger partial charge in [0, 0.05) is 26.6 Å². The van der Waals surface area contributed by atoms with Crippen molar-refractivity contribution in [2.45, 2.75) is 33.5 Å². The number of carbonyl (C=O) groups is 1. The summed E-state index contributed by atoms with van der Waals surface area (Å²) in [6.07, 6.45) is -0.0489. The van der Waals surface area contributed by atoms with Gasteiger partial charge in [-0.25, -0.2) is 0 Å². The van der Waals surface area contributed by atoms with Crippen LogP contribution in [0, 0.1) is 0 Å². The average molecular weight is 250 g/mol. The highest BCUT2D eigenvalue weighted by Crippen LogP contribution is 2.02. The molecular weight excluding hydrogens is 228 g/mol. The zero-order valence-corrected chi connectivity index (χ0v) is 10.8. The Morgan fingerprint density at radius 2 is 1.59 bits per heavy atom. The first-order valence-electron chi connectivity index (χ1n) is 5.72. The zero-order chi connectivity index (χ0) is 12.9. The normalized spacial score (nSPS) is 10.8. The van der Waals surface area contributed by atoms with Gasteiger partial charge in [0.15, 0.2) is 6.29 Å². The summed E-state index contributed by atoms with van der Waals surface area (Å²) in [7, 11) is 0. The second kappa shape index (κ2) is 11.8. The van der Waals surface area contributed by atoms with E-state index in [1.165, 1.54) is 6.92 Å². The third-order valence-electron chi connectivity index (χ3n) is 1.74. The average Bonchev–Trinajstić information content (AvgIpc) is 2.28. The molecule has 0 unspecified atom stereocenters. The van der Waals surface area contributed by atoms with E-state index in [9.17, 15) is 4.79 Å². The first kappa shape index (κ1) is 16.3. The van der Waals surface area contributed by atoms with Crippen LogP contribution in [0.15, 0.2) is 0 Å². The Hall–Kier alpha value is -0.690. The molecule has 0 aromatic carbocycles. The molecule has 0 heterocycles. The molecule has 0 atom stereocenters. The van der Waals surface area contributed by atoms with Crippen molar-refractivity contribution < 1.29 is 28.5 Å². The fourth-order valence-corrected chi connectivity index (χ4v) is 0.928. The van der Waals surface area contributed by atoms with Crippen molar-refractivity contribution in [2.24, 2.45) is 0 Å². The maximum atomic E-state index is 10.6. The van der Waals surface area contributed by atoms with Gasteiger partial charge in [0.05, 0.1) is 6.61 Å². The Kier molecular flexibility index (Phi) is 11.3. The predicted octanol–water partition coefficient (Wildman–Crippen LogP) is 1.29. The Morgan fingerprint density at radius 1 is 1.06 bits per heavy atom. The third kappa shape index (κ3) is 11.6. The van der Waals surface area contributed by atoms with E-state index < -0.39 is 6.29 Å². The summed E-state index contributed by atoms with van der Waals surface area (Å²) >= 11 is 0. The van der Waals surface area contributed by atoms with Gasteiger partial charge in [-0.15, -0.1) is 0 Å². The molecule has 0 aliphatic carbocycles. The maximum absolute atomic E-state index is 10.6. The van der Waals surface area contributed by atoms with Gasteiger partial charge in [0.2, 0.25) is 0 Å². The Balaban J connectivity index is 3.71. The summed E-state index contributed by atoms with van der Waals surface area (Å²) in [5.74, 6) is -0.321. The summed E-state index contributed by atoms with van der Waals surface area (Å²) < 4.78 is 25.5. The van der Waals surface area contributed by atoms with Crippen LogP contribution in [0.1, 0.15) is 27.2 Å². The highest BCUT2D eigenvalue weighted by atomic mass is 16.8. The van der Waals surface area contributed by atoms with E-state index >= 15 is 0 Å². The Bertz CT molecular complexity index is 175. The molecule has 0 radical (unpaired) electrons. The van der Waals surface area contributed by atoms with E-state index in [1.807, 2.05) is 13.8 Å². The number of esters is 1. The summed E-state index contributed by atoms with van der Waals surface area (Å²) in [5.41, 5.74) is 0. The summed E-state index contributed by atoms with van der Waals surface area (Å²) in [6.45, 7) is 6.79. The second-order valence-electron chi connectivity index (χ2n) is 3.11. The number of hydrogen-bond acceptors (Lipinski definition) is 6. The van der Waals surface area contributed by atoms with Crippen LogP contribution < -0.4 is 0 Å². The minimum absolute atomic E-state index is 0.146. The second-order valence-corrected chi connectivity index (χ2v) is 3.11. The molecule has 0 rings (SSSR count). The van der Waals surface area contributed by atoms with Gasteiger partial charge >= 0.3 is 5.97 Å². The topological polar surface area (TPSA) is 63.2 Å². The lowest BCUT2D eigenvalue weighted by atomic mass is 10.4. The number of ether oxygens (including phenoxy) is 5. The van der Waals surface area contributed by atoms with Crippen LogP contribution in [0.4, 0.5) is 0 Å². The van der Waals surface area contributed by atoms with Crippen molar-refractivity contribution in [1.82, 2.24) is 0 Å². The van der Waals surface area contributed by atoms with Crippen molar-refractivity contribution in [1.29, 1.82) is 0 Å². The highest BCUT2D eigenvalue weighted by molar-refractivity contribution is 5.65. The molecule has 0 N–H and O–H groups in total. The van der Waals surface area contributed by atoms with Gasteiger partial charge < -0.3 is 23.7 Å². The number of carbonyl (C=O) groups excluding carboxylic acids is 1. The number of rotatable bonds is 11. The molecule has 6 nitrogen and oxygen atoms in total. The van der Waals surface area contributed by atoms with E-state index in [2.05, 4.69) is 0 Å². The van der Waals surface area contributed by atoms with Crippen LogP contribution >= 0.6 is 0 Å². The third-order valence-corrected chi connectivity index (χ3v) is 1.74. The molecule has 0 aromatic rings. The van der Waals surface area contributed by atoms with E-state index in [0.717, 1.165) is 0 Å². The molecule has 6 heteroatoms.